The predicted molar refractivity (Wildman–Crippen MR) is 38.2 cm³/mol. The molecule has 0 fully saturated rings. The summed E-state index contributed by atoms with van der Waals surface area (Å²) in [6.07, 6.45) is 2.50. The van der Waals surface area contributed by atoms with Gasteiger partial charge in [-0.05, 0) is 18.4 Å². The highest BCUT2D eigenvalue weighted by Gasteiger charge is 2.03. The van der Waals surface area contributed by atoms with E-state index in [0.29, 0.717) is 6.42 Å². The molecule has 0 saturated heterocycles. The van der Waals surface area contributed by atoms with Crippen molar-refractivity contribution in [1.29, 1.82) is 5.26 Å². The van der Waals surface area contributed by atoms with Gasteiger partial charge in [-0.3, -0.25) is 0 Å². The third-order valence-electron chi connectivity index (χ3n) is 0.872. The van der Waals surface area contributed by atoms with E-state index in [9.17, 15) is 4.91 Å². The fourth-order valence-electron chi connectivity index (χ4n) is 0.370. The molecule has 0 N–H and O–H groups in total. The fraction of sp³-hybridized carbons (Fsp3) is 0.800. The highest BCUT2D eigenvalue weighted by Crippen LogP contribution is 2.01. The summed E-state index contributed by atoms with van der Waals surface area (Å²) in [5.74, 6) is 0.823. The lowest BCUT2D eigenvalue weighted by Crippen LogP contribution is -1.99. The fourth-order valence-corrected chi connectivity index (χ4v) is 0.829. The second-order valence-corrected chi connectivity index (χ2v) is 2.52. The molecule has 1 atom stereocenters. The standard InChI is InChI=1S/C5H8N2OS/c1-9-3-2-5(4-6)7-8/h5H,2-3H2,1H3. The van der Waals surface area contributed by atoms with E-state index in [1.54, 1.807) is 17.8 Å². The SMILES string of the molecule is CSCCC(C#N)N=O. The number of thioether (sulfide) groups is 1. The van der Waals surface area contributed by atoms with Crippen molar-refractivity contribution in [3.63, 3.8) is 0 Å². The molecule has 0 aliphatic carbocycles. The molecule has 0 aliphatic rings. The van der Waals surface area contributed by atoms with Crippen molar-refractivity contribution in [2.24, 2.45) is 5.18 Å². The Morgan fingerprint density at radius 3 is 2.89 bits per heavy atom. The Hall–Kier alpha value is -0.560. The van der Waals surface area contributed by atoms with Crippen molar-refractivity contribution in [3.05, 3.63) is 4.91 Å². The van der Waals surface area contributed by atoms with Gasteiger partial charge in [0.05, 0.1) is 6.07 Å². The summed E-state index contributed by atoms with van der Waals surface area (Å²) in [5.41, 5.74) is 0. The molecular formula is C5H8N2OS. The van der Waals surface area contributed by atoms with Gasteiger partial charge in [-0.15, -0.1) is 4.91 Å². The number of hydrogen-bond acceptors (Lipinski definition) is 4. The molecule has 1 unspecified atom stereocenters. The van der Waals surface area contributed by atoms with E-state index in [4.69, 9.17) is 5.26 Å². The summed E-state index contributed by atoms with van der Waals surface area (Å²) in [7, 11) is 0. The third-order valence-corrected chi connectivity index (χ3v) is 1.52. The molecule has 0 saturated carbocycles. The van der Waals surface area contributed by atoms with Gasteiger partial charge in [0.25, 0.3) is 0 Å². The lowest BCUT2D eigenvalue weighted by molar-refractivity contribution is 0.799. The Morgan fingerprint density at radius 2 is 2.56 bits per heavy atom. The maximum Gasteiger partial charge on any atom is 0.179 e. The van der Waals surface area contributed by atoms with Crippen LogP contribution in [0, 0.1) is 16.2 Å². The van der Waals surface area contributed by atoms with Gasteiger partial charge in [0.1, 0.15) is 0 Å². The molecule has 0 rings (SSSR count). The van der Waals surface area contributed by atoms with Crippen LogP contribution in [0.15, 0.2) is 5.18 Å². The zero-order valence-electron chi connectivity index (χ0n) is 5.20. The van der Waals surface area contributed by atoms with Crippen LogP contribution in [0.1, 0.15) is 6.42 Å². The predicted octanol–water partition coefficient (Wildman–Crippen LogP) is 1.40. The first-order valence-electron chi connectivity index (χ1n) is 2.56. The summed E-state index contributed by atoms with van der Waals surface area (Å²) in [5, 5.41) is 10.8. The van der Waals surface area contributed by atoms with Crippen molar-refractivity contribution < 1.29 is 0 Å². The van der Waals surface area contributed by atoms with Gasteiger partial charge in [-0.1, -0.05) is 5.18 Å². The molecular weight excluding hydrogens is 136 g/mol. The van der Waals surface area contributed by atoms with Crippen molar-refractivity contribution in [1.82, 2.24) is 0 Å². The van der Waals surface area contributed by atoms with Crippen LogP contribution in [0.25, 0.3) is 0 Å². The Balaban J connectivity index is 3.34. The van der Waals surface area contributed by atoms with Gasteiger partial charge >= 0.3 is 0 Å². The summed E-state index contributed by atoms with van der Waals surface area (Å²) in [6, 6.07) is 1.15. The molecule has 0 amide bonds. The second kappa shape index (κ2) is 5.57. The second-order valence-electron chi connectivity index (χ2n) is 1.53. The Labute approximate surface area is 58.4 Å². The van der Waals surface area contributed by atoms with Gasteiger partial charge in [-0.25, -0.2) is 0 Å². The highest BCUT2D eigenvalue weighted by atomic mass is 32.2. The topological polar surface area (TPSA) is 53.2 Å². The van der Waals surface area contributed by atoms with Crippen LogP contribution in [0.3, 0.4) is 0 Å². The Bertz CT molecular complexity index is 121. The van der Waals surface area contributed by atoms with E-state index in [1.165, 1.54) is 0 Å². The maximum atomic E-state index is 9.76. The van der Waals surface area contributed by atoms with Gasteiger partial charge in [0.2, 0.25) is 0 Å². The number of nitriles is 1. The molecule has 0 spiro atoms. The smallest absolute Gasteiger partial charge is 0.179 e. The molecule has 4 heteroatoms. The van der Waals surface area contributed by atoms with Gasteiger partial charge in [-0.2, -0.15) is 17.0 Å². The Kier molecular flexibility index (Phi) is 5.23. The van der Waals surface area contributed by atoms with Gasteiger partial charge in [0, 0.05) is 0 Å². The lowest BCUT2D eigenvalue weighted by atomic mass is 10.3. The van der Waals surface area contributed by atoms with Gasteiger partial charge in [0.15, 0.2) is 6.04 Å². The number of rotatable bonds is 4. The minimum Gasteiger partial charge on any atom is -0.196 e. The summed E-state index contributed by atoms with van der Waals surface area (Å²) in [4.78, 5) is 9.76. The molecule has 3 nitrogen and oxygen atoms in total. The first kappa shape index (κ1) is 8.44. The first-order valence-corrected chi connectivity index (χ1v) is 3.95. The van der Waals surface area contributed by atoms with Gasteiger partial charge < -0.3 is 0 Å². The average Bonchev–Trinajstić information content (AvgIpc) is 1.91. The summed E-state index contributed by atoms with van der Waals surface area (Å²) >= 11 is 1.61. The number of nitroso groups, excluding NO2 is 1. The molecule has 0 radical (unpaired) electrons. The zero-order valence-corrected chi connectivity index (χ0v) is 6.02. The van der Waals surface area contributed by atoms with Crippen LogP contribution >= 0.6 is 11.8 Å². The largest absolute Gasteiger partial charge is 0.196 e. The highest BCUT2D eigenvalue weighted by molar-refractivity contribution is 7.98. The van der Waals surface area contributed by atoms with E-state index in [1.807, 2.05) is 6.26 Å². The average molecular weight is 144 g/mol. The minimum absolute atomic E-state index is 0.571. The summed E-state index contributed by atoms with van der Waals surface area (Å²) < 4.78 is 0. The van der Waals surface area contributed by atoms with Crippen molar-refractivity contribution in [2.45, 2.75) is 12.5 Å². The minimum atomic E-state index is -0.641. The molecule has 0 heterocycles. The molecule has 50 valence electrons. The third kappa shape index (κ3) is 3.98. The van der Waals surface area contributed by atoms with E-state index >= 15 is 0 Å². The van der Waals surface area contributed by atoms with E-state index in [0.717, 1.165) is 5.75 Å². The first-order chi connectivity index (χ1) is 4.35. The monoisotopic (exact) mass is 144 g/mol. The van der Waals surface area contributed by atoms with Crippen LogP contribution in [-0.4, -0.2) is 18.1 Å². The molecule has 9 heavy (non-hydrogen) atoms. The van der Waals surface area contributed by atoms with Crippen LogP contribution in [0.5, 0.6) is 0 Å². The summed E-state index contributed by atoms with van der Waals surface area (Å²) in [6.45, 7) is 0. The Morgan fingerprint density at radius 1 is 1.89 bits per heavy atom. The lowest BCUT2D eigenvalue weighted by Gasteiger charge is -1.94. The molecule has 0 bridgehead atoms. The molecule has 0 aromatic rings. The number of hydrogen-bond donors (Lipinski definition) is 0. The van der Waals surface area contributed by atoms with Crippen LogP contribution in [-0.2, 0) is 0 Å². The maximum absolute atomic E-state index is 9.76. The molecule has 0 aromatic heterocycles. The van der Waals surface area contributed by atoms with Crippen LogP contribution in [0.2, 0.25) is 0 Å². The molecule has 0 aromatic carbocycles. The van der Waals surface area contributed by atoms with Crippen molar-refractivity contribution in [3.8, 4) is 6.07 Å². The molecule has 0 aliphatic heterocycles. The van der Waals surface area contributed by atoms with Crippen molar-refractivity contribution in [2.75, 3.05) is 12.0 Å². The van der Waals surface area contributed by atoms with E-state index in [-0.39, 0.29) is 0 Å². The van der Waals surface area contributed by atoms with Crippen LogP contribution in [0.4, 0.5) is 0 Å². The zero-order chi connectivity index (χ0) is 7.11. The van der Waals surface area contributed by atoms with Crippen LogP contribution < -0.4 is 0 Å². The normalized spacial score (nSPS) is 12.0. The quantitative estimate of drug-likeness (QED) is 0.560. The van der Waals surface area contributed by atoms with E-state index in [2.05, 4.69) is 5.18 Å². The van der Waals surface area contributed by atoms with Crippen molar-refractivity contribution >= 4 is 11.8 Å². The number of nitrogens with zero attached hydrogens (tertiary/aromatic N) is 2. The van der Waals surface area contributed by atoms with E-state index < -0.39 is 6.04 Å².